The Bertz CT molecular complexity index is 503. The van der Waals surface area contributed by atoms with Crippen LogP contribution < -0.4 is 0 Å². The third kappa shape index (κ3) is 3.62. The van der Waals surface area contributed by atoms with Crippen molar-refractivity contribution in [3.8, 4) is 0 Å². The molecular weight excluding hydrogens is 384 g/mol. The Labute approximate surface area is 137 Å². The van der Waals surface area contributed by atoms with Gasteiger partial charge in [0.25, 0.3) is 5.91 Å². The van der Waals surface area contributed by atoms with Crippen molar-refractivity contribution in [1.82, 2.24) is 9.80 Å². The third-order valence-corrected chi connectivity index (χ3v) is 4.83. The van der Waals surface area contributed by atoms with E-state index in [0.29, 0.717) is 0 Å². The summed E-state index contributed by atoms with van der Waals surface area (Å²) >= 11 is 6.88. The van der Waals surface area contributed by atoms with E-state index in [1.165, 1.54) is 0 Å². The van der Waals surface area contributed by atoms with E-state index in [9.17, 15) is 4.79 Å². The van der Waals surface area contributed by atoms with Gasteiger partial charge in [0.05, 0.1) is 5.56 Å². The number of carbonyl (C=O) groups excluding carboxylic acids is 1. The lowest BCUT2D eigenvalue weighted by Crippen LogP contribution is -2.54. The first-order chi connectivity index (χ1) is 9.29. The van der Waals surface area contributed by atoms with Gasteiger partial charge >= 0.3 is 0 Å². The summed E-state index contributed by atoms with van der Waals surface area (Å²) in [5, 5.41) is 0. The lowest BCUT2D eigenvalue weighted by molar-refractivity contribution is 0.0450. The zero-order valence-electron chi connectivity index (χ0n) is 12.1. The summed E-state index contributed by atoms with van der Waals surface area (Å²) in [5.41, 5.74) is 0.908. The number of carbonyl (C=O) groups is 1. The van der Waals surface area contributed by atoms with Crippen LogP contribution in [0.5, 0.6) is 0 Å². The highest BCUT2D eigenvalue weighted by Gasteiger charge is 2.28. The number of benzene rings is 1. The molecule has 0 saturated carbocycles. The van der Waals surface area contributed by atoms with Gasteiger partial charge in [-0.05, 0) is 54.9 Å². The zero-order valence-corrected chi connectivity index (χ0v) is 15.3. The number of amides is 1. The van der Waals surface area contributed by atoms with Gasteiger partial charge in [-0.2, -0.15) is 0 Å². The number of hydrogen-bond donors (Lipinski definition) is 0. The van der Waals surface area contributed by atoms with Crippen LogP contribution in [0.4, 0.5) is 0 Å². The second-order valence-corrected chi connectivity index (χ2v) is 7.84. The Morgan fingerprint density at radius 2 is 1.70 bits per heavy atom. The largest absolute Gasteiger partial charge is 0.336 e. The van der Waals surface area contributed by atoms with E-state index < -0.39 is 0 Å². The molecule has 20 heavy (non-hydrogen) atoms. The van der Waals surface area contributed by atoms with E-state index in [4.69, 9.17) is 0 Å². The third-order valence-electron chi connectivity index (χ3n) is 3.68. The number of halogens is 2. The van der Waals surface area contributed by atoms with Crippen molar-refractivity contribution in [2.24, 2.45) is 0 Å². The molecule has 3 nitrogen and oxygen atoms in total. The smallest absolute Gasteiger partial charge is 0.255 e. The molecule has 0 unspecified atom stereocenters. The predicted octanol–water partition coefficient (Wildman–Crippen LogP) is 3.77. The molecule has 1 amide bonds. The van der Waals surface area contributed by atoms with Gasteiger partial charge in [-0.25, -0.2) is 0 Å². The van der Waals surface area contributed by atoms with Gasteiger partial charge in [0.1, 0.15) is 0 Å². The maximum Gasteiger partial charge on any atom is 0.255 e. The van der Waals surface area contributed by atoms with E-state index in [1.807, 2.05) is 23.1 Å². The quantitative estimate of drug-likeness (QED) is 0.712. The highest BCUT2D eigenvalue weighted by Crippen LogP contribution is 2.24. The fourth-order valence-corrected chi connectivity index (χ4v) is 3.63. The molecule has 110 valence electrons. The molecule has 1 aliphatic heterocycles. The molecule has 1 fully saturated rings. The average molecular weight is 404 g/mol. The number of hydrogen-bond acceptors (Lipinski definition) is 2. The summed E-state index contributed by atoms with van der Waals surface area (Å²) in [6.07, 6.45) is 0. The minimum atomic E-state index is 0.109. The molecule has 1 heterocycles. The van der Waals surface area contributed by atoms with Crippen molar-refractivity contribution in [1.29, 1.82) is 0 Å². The highest BCUT2D eigenvalue weighted by molar-refractivity contribution is 9.11. The molecule has 1 saturated heterocycles. The molecule has 1 aromatic rings. The first-order valence-corrected chi connectivity index (χ1v) is 8.37. The van der Waals surface area contributed by atoms with E-state index in [0.717, 1.165) is 40.7 Å². The summed E-state index contributed by atoms with van der Waals surface area (Å²) in [5.74, 6) is 0.109. The van der Waals surface area contributed by atoms with Crippen molar-refractivity contribution >= 4 is 37.8 Å². The Morgan fingerprint density at radius 3 is 2.20 bits per heavy atom. The maximum atomic E-state index is 12.6. The van der Waals surface area contributed by atoms with Gasteiger partial charge in [-0.1, -0.05) is 15.9 Å². The van der Waals surface area contributed by atoms with Crippen LogP contribution in [0.1, 0.15) is 31.1 Å². The van der Waals surface area contributed by atoms with Crippen LogP contribution in [0.25, 0.3) is 0 Å². The Hall–Kier alpha value is -0.390. The lowest BCUT2D eigenvalue weighted by Gasteiger charge is -2.42. The second-order valence-electron chi connectivity index (χ2n) is 6.07. The van der Waals surface area contributed by atoms with Gasteiger partial charge in [0.15, 0.2) is 0 Å². The Balaban J connectivity index is 2.05. The van der Waals surface area contributed by atoms with Gasteiger partial charge < -0.3 is 4.90 Å². The fraction of sp³-hybridized carbons (Fsp3) is 0.533. The second kappa shape index (κ2) is 6.16. The first kappa shape index (κ1) is 16.0. The molecule has 2 rings (SSSR count). The van der Waals surface area contributed by atoms with Gasteiger partial charge in [-0.15, -0.1) is 0 Å². The summed E-state index contributed by atoms with van der Waals surface area (Å²) in [6.45, 7) is 10.1. The number of rotatable bonds is 1. The summed E-state index contributed by atoms with van der Waals surface area (Å²) in [4.78, 5) is 16.9. The van der Waals surface area contributed by atoms with Crippen LogP contribution in [-0.4, -0.2) is 47.4 Å². The van der Waals surface area contributed by atoms with Crippen LogP contribution >= 0.6 is 31.9 Å². The molecule has 0 N–H and O–H groups in total. The van der Waals surface area contributed by atoms with Crippen molar-refractivity contribution < 1.29 is 4.79 Å². The van der Waals surface area contributed by atoms with Crippen LogP contribution in [0.15, 0.2) is 27.1 Å². The molecule has 0 radical (unpaired) electrons. The lowest BCUT2D eigenvalue weighted by atomic mass is 10.0. The summed E-state index contributed by atoms with van der Waals surface area (Å²) in [6, 6.07) is 5.69. The summed E-state index contributed by atoms with van der Waals surface area (Å²) < 4.78 is 1.81. The molecule has 1 aromatic carbocycles. The summed E-state index contributed by atoms with van der Waals surface area (Å²) in [7, 11) is 0. The zero-order chi connectivity index (χ0) is 14.9. The molecule has 0 atom stereocenters. The van der Waals surface area contributed by atoms with E-state index >= 15 is 0 Å². The molecule has 0 aromatic heterocycles. The van der Waals surface area contributed by atoms with Crippen molar-refractivity contribution in [3.63, 3.8) is 0 Å². The number of nitrogens with zero attached hydrogens (tertiary/aromatic N) is 2. The van der Waals surface area contributed by atoms with Crippen molar-refractivity contribution in [2.45, 2.75) is 26.3 Å². The minimum absolute atomic E-state index is 0.109. The predicted molar refractivity (Wildman–Crippen MR) is 89.1 cm³/mol. The van der Waals surface area contributed by atoms with Crippen LogP contribution in [0, 0.1) is 0 Å². The van der Waals surface area contributed by atoms with Gasteiger partial charge in [0, 0.05) is 40.7 Å². The molecule has 0 spiro atoms. The van der Waals surface area contributed by atoms with Gasteiger partial charge in [0.2, 0.25) is 0 Å². The van der Waals surface area contributed by atoms with Crippen LogP contribution in [0.2, 0.25) is 0 Å². The minimum Gasteiger partial charge on any atom is -0.336 e. The van der Waals surface area contributed by atoms with E-state index in [1.54, 1.807) is 0 Å². The SMILES string of the molecule is CC(C)(C)N1CCN(C(=O)c2ccc(Br)cc2Br)CC1. The van der Waals surface area contributed by atoms with Crippen LogP contribution in [0.3, 0.4) is 0 Å². The molecule has 1 aliphatic rings. The molecular formula is C15H20Br2N2O. The van der Waals surface area contributed by atoms with E-state index in [-0.39, 0.29) is 11.4 Å². The molecule has 5 heteroatoms. The van der Waals surface area contributed by atoms with Crippen LogP contribution in [-0.2, 0) is 0 Å². The average Bonchev–Trinajstić information content (AvgIpc) is 2.37. The van der Waals surface area contributed by atoms with Gasteiger partial charge in [-0.3, -0.25) is 9.69 Å². The number of piperazine rings is 1. The molecule has 0 bridgehead atoms. The highest BCUT2D eigenvalue weighted by atomic mass is 79.9. The van der Waals surface area contributed by atoms with E-state index in [2.05, 4.69) is 57.5 Å². The monoisotopic (exact) mass is 402 g/mol. The normalized spacial score (nSPS) is 17.4. The molecule has 0 aliphatic carbocycles. The Morgan fingerprint density at radius 1 is 1.10 bits per heavy atom. The standard InChI is InChI=1S/C15H20Br2N2O/c1-15(2,3)19-8-6-18(7-9-19)14(20)12-5-4-11(16)10-13(12)17/h4-5,10H,6-9H2,1-3H3. The Kier molecular flexibility index (Phi) is 4.92. The van der Waals surface area contributed by atoms with Crippen molar-refractivity contribution in [3.05, 3.63) is 32.7 Å². The maximum absolute atomic E-state index is 12.6. The topological polar surface area (TPSA) is 23.6 Å². The van der Waals surface area contributed by atoms with Crippen molar-refractivity contribution in [2.75, 3.05) is 26.2 Å². The first-order valence-electron chi connectivity index (χ1n) is 6.78. The fourth-order valence-electron chi connectivity index (χ4n) is 2.41.